The zero-order valence-electron chi connectivity index (χ0n) is 37.4. The molecule has 0 unspecified atom stereocenters. The van der Waals surface area contributed by atoms with Gasteiger partial charge in [0.1, 0.15) is 29.3 Å². The van der Waals surface area contributed by atoms with Crippen molar-refractivity contribution in [1.82, 2.24) is 35.8 Å². The molecule has 348 valence electrons. The number of halogens is 1. The first-order valence-corrected chi connectivity index (χ1v) is 23.5. The number of benzene rings is 2. The molecule has 17 nitrogen and oxygen atoms in total. The standard InChI is InChI=1S/C45H58ClN11O6S2/c1-25(27-10-12-28(13-11-27)38-26(2)51-24-64-38)52-41(62)31-20-29(58)23-57(31)43(63)39(44(3,4)5)55-34(59)14-17-49-35(60)21-36(61)53-30-8-7-9-32(37(30)46)65-42-40(47)54-33(22-50-42)56-18-15-45(6,48)16-19-56/h7-13,22,24-25,29,31,39,58H,14-21,23,48H2,1-6H3,(H2,47,54)(H,49,60)(H,52,62)(H,53,61)(H,55,59)/t25-,29+,31-,39+/m0/s1. The minimum Gasteiger partial charge on any atom is -0.391 e. The Balaban J connectivity index is 0.969. The van der Waals surface area contributed by atoms with Crippen molar-refractivity contribution in [2.45, 2.75) is 113 Å². The number of hydrogen-bond acceptors (Lipinski definition) is 14. The van der Waals surface area contributed by atoms with Crippen LogP contribution in [0.2, 0.25) is 5.02 Å². The van der Waals surface area contributed by atoms with Gasteiger partial charge in [-0.2, -0.15) is 0 Å². The number of nitrogen functional groups attached to an aromatic ring is 1. The molecule has 5 amide bonds. The van der Waals surface area contributed by atoms with Crippen LogP contribution in [0, 0.1) is 12.3 Å². The highest BCUT2D eigenvalue weighted by Gasteiger charge is 2.44. The number of aromatic nitrogens is 3. The molecule has 0 radical (unpaired) electrons. The van der Waals surface area contributed by atoms with Crippen LogP contribution < -0.4 is 37.6 Å². The van der Waals surface area contributed by atoms with E-state index in [0.717, 1.165) is 47.6 Å². The lowest BCUT2D eigenvalue weighted by atomic mass is 9.85. The largest absolute Gasteiger partial charge is 0.391 e. The molecule has 2 saturated heterocycles. The number of anilines is 3. The third kappa shape index (κ3) is 12.7. The number of thiazole rings is 1. The maximum absolute atomic E-state index is 14.1. The molecule has 2 aliphatic heterocycles. The number of likely N-dealkylation sites (tertiary alicyclic amines) is 1. The highest BCUT2D eigenvalue weighted by molar-refractivity contribution is 7.99. The molecule has 0 aliphatic carbocycles. The molecule has 0 saturated carbocycles. The van der Waals surface area contributed by atoms with Gasteiger partial charge in [0.25, 0.3) is 0 Å². The Kier molecular flexibility index (Phi) is 15.8. The minimum atomic E-state index is -1.05. The molecular formula is C45H58ClN11O6S2. The van der Waals surface area contributed by atoms with E-state index in [1.165, 1.54) is 16.7 Å². The lowest BCUT2D eigenvalue weighted by molar-refractivity contribution is -0.144. The second-order valence-electron chi connectivity index (χ2n) is 18.0. The fourth-order valence-electron chi connectivity index (χ4n) is 7.62. The van der Waals surface area contributed by atoms with Crippen molar-refractivity contribution >= 4 is 81.6 Å². The Hall–Kier alpha value is -5.34. The van der Waals surface area contributed by atoms with E-state index in [2.05, 4.69) is 41.1 Å². The molecule has 2 aliphatic rings. The van der Waals surface area contributed by atoms with Crippen molar-refractivity contribution < 1.29 is 29.1 Å². The first-order valence-electron chi connectivity index (χ1n) is 21.5. The second kappa shape index (κ2) is 20.9. The zero-order valence-corrected chi connectivity index (χ0v) is 39.8. The predicted octanol–water partition coefficient (Wildman–Crippen LogP) is 4.82. The van der Waals surface area contributed by atoms with Crippen molar-refractivity contribution in [2.75, 3.05) is 42.1 Å². The number of nitrogens with zero attached hydrogens (tertiary/aromatic N) is 5. The number of hydrogen-bond donors (Lipinski definition) is 7. The summed E-state index contributed by atoms with van der Waals surface area (Å²) in [6.07, 6.45) is 1.69. The summed E-state index contributed by atoms with van der Waals surface area (Å²) in [6.45, 7) is 12.5. The number of β-amino-alcohol motifs (C(OH)–C–C–N with tert-alkyl or cyclic N) is 1. The lowest BCUT2D eigenvalue weighted by Gasteiger charge is -2.37. The molecule has 9 N–H and O–H groups in total. The minimum absolute atomic E-state index is 0.0445. The number of aryl methyl sites for hydroxylation is 1. The number of carbonyl (C=O) groups is 5. The van der Waals surface area contributed by atoms with Crippen molar-refractivity contribution in [1.29, 1.82) is 0 Å². The van der Waals surface area contributed by atoms with Crippen LogP contribution in [-0.2, 0) is 24.0 Å². The van der Waals surface area contributed by atoms with E-state index in [-0.39, 0.29) is 54.0 Å². The Morgan fingerprint density at radius 3 is 2.38 bits per heavy atom. The molecule has 20 heteroatoms. The molecule has 6 rings (SSSR count). The summed E-state index contributed by atoms with van der Waals surface area (Å²) in [5, 5.41) is 22.3. The van der Waals surface area contributed by atoms with Crippen molar-refractivity contribution in [2.24, 2.45) is 11.1 Å². The summed E-state index contributed by atoms with van der Waals surface area (Å²) in [6, 6.07) is 10.5. The van der Waals surface area contributed by atoms with Crippen molar-refractivity contribution in [3.8, 4) is 10.4 Å². The summed E-state index contributed by atoms with van der Waals surface area (Å²) in [4.78, 5) is 85.1. The monoisotopic (exact) mass is 947 g/mol. The van der Waals surface area contributed by atoms with E-state index in [9.17, 15) is 29.1 Å². The summed E-state index contributed by atoms with van der Waals surface area (Å²) in [5.74, 6) is -1.82. The van der Waals surface area contributed by atoms with Gasteiger partial charge < -0.3 is 47.6 Å². The van der Waals surface area contributed by atoms with Gasteiger partial charge in [0.05, 0.1) is 45.1 Å². The number of rotatable bonds is 15. The second-order valence-corrected chi connectivity index (χ2v) is 20.2. The number of amides is 5. The van der Waals surface area contributed by atoms with Gasteiger partial charge in [0.15, 0.2) is 5.82 Å². The quantitative estimate of drug-likeness (QED) is 0.0791. The molecule has 0 spiro atoms. The van der Waals surface area contributed by atoms with E-state index in [4.69, 9.17) is 23.1 Å². The van der Waals surface area contributed by atoms with Gasteiger partial charge in [-0.05, 0) is 62.3 Å². The Morgan fingerprint density at radius 1 is 1.03 bits per heavy atom. The van der Waals surface area contributed by atoms with Gasteiger partial charge in [-0.3, -0.25) is 24.0 Å². The van der Waals surface area contributed by atoms with Gasteiger partial charge in [0, 0.05) is 49.5 Å². The van der Waals surface area contributed by atoms with Crippen LogP contribution in [0.1, 0.15) is 84.0 Å². The van der Waals surface area contributed by atoms with Gasteiger partial charge in [-0.1, -0.05) is 74.5 Å². The van der Waals surface area contributed by atoms with Crippen LogP contribution >= 0.6 is 34.7 Å². The fourth-order valence-corrected chi connectivity index (χ4v) is 9.53. The number of nitrogens with one attached hydrogen (secondary N) is 4. The van der Waals surface area contributed by atoms with E-state index in [0.29, 0.717) is 15.7 Å². The molecule has 0 bridgehead atoms. The van der Waals surface area contributed by atoms with Gasteiger partial charge in [-0.25, -0.2) is 15.0 Å². The number of aliphatic hydroxyl groups is 1. The summed E-state index contributed by atoms with van der Waals surface area (Å²) in [7, 11) is 0. The van der Waals surface area contributed by atoms with Gasteiger partial charge in [0.2, 0.25) is 29.5 Å². The van der Waals surface area contributed by atoms with Gasteiger partial charge >= 0.3 is 0 Å². The van der Waals surface area contributed by atoms with Crippen LogP contribution in [0.15, 0.2) is 64.1 Å². The smallest absolute Gasteiger partial charge is 0.246 e. The molecule has 2 aromatic carbocycles. The molecule has 2 fully saturated rings. The Bertz CT molecular complexity index is 2380. The Morgan fingerprint density at radius 2 is 1.74 bits per heavy atom. The SMILES string of the molecule is Cc1ncsc1-c1ccc([C@H](C)NC(=O)[C@@H]2C[C@@H](O)CN2C(=O)[C@@H](NC(=O)CCNC(=O)CC(=O)Nc2cccc(Sc3ncc(N4CCC(C)(N)CC4)nc3N)c2Cl)C(C)(C)C)cc1. The van der Waals surface area contributed by atoms with Crippen molar-refractivity contribution in [3.63, 3.8) is 0 Å². The molecule has 4 heterocycles. The highest BCUT2D eigenvalue weighted by atomic mass is 35.5. The van der Waals surface area contributed by atoms with Crippen LogP contribution in [0.5, 0.6) is 0 Å². The van der Waals surface area contributed by atoms with E-state index >= 15 is 0 Å². The highest BCUT2D eigenvalue weighted by Crippen LogP contribution is 2.39. The Labute approximate surface area is 392 Å². The number of carbonyl (C=O) groups excluding carboxylic acids is 5. The van der Waals surface area contributed by atoms with Crippen LogP contribution in [0.3, 0.4) is 0 Å². The number of piperidine rings is 1. The number of aliphatic hydroxyl groups excluding tert-OH is 1. The van der Waals surface area contributed by atoms with E-state index in [1.807, 2.05) is 45.0 Å². The molecule has 65 heavy (non-hydrogen) atoms. The van der Waals surface area contributed by atoms with Crippen LogP contribution in [-0.4, -0.2) is 104 Å². The average Bonchev–Trinajstić information content (AvgIpc) is 3.86. The average molecular weight is 949 g/mol. The lowest BCUT2D eigenvalue weighted by Crippen LogP contribution is -2.58. The first kappa shape index (κ1) is 49.1. The maximum Gasteiger partial charge on any atom is 0.246 e. The molecule has 2 aromatic heterocycles. The normalized spacial score (nSPS) is 18.1. The van der Waals surface area contributed by atoms with Crippen LogP contribution in [0.25, 0.3) is 10.4 Å². The zero-order chi connectivity index (χ0) is 47.2. The topological polar surface area (TPSA) is 251 Å². The molecular weight excluding hydrogens is 890 g/mol. The molecule has 4 aromatic rings. The fraction of sp³-hybridized carbons (Fsp3) is 0.467. The number of nitrogens with two attached hydrogens (primary N) is 2. The third-order valence-corrected chi connectivity index (χ3v) is 14.0. The van der Waals surface area contributed by atoms with E-state index < -0.39 is 59.6 Å². The van der Waals surface area contributed by atoms with E-state index in [1.54, 1.807) is 62.0 Å². The predicted molar refractivity (Wildman–Crippen MR) is 253 cm³/mol. The summed E-state index contributed by atoms with van der Waals surface area (Å²) >= 11 is 9.42. The van der Waals surface area contributed by atoms with Crippen LogP contribution in [0.4, 0.5) is 17.3 Å². The van der Waals surface area contributed by atoms with Gasteiger partial charge in [-0.15, -0.1) is 11.3 Å². The maximum atomic E-state index is 14.1. The first-order chi connectivity index (χ1) is 30.7. The summed E-state index contributed by atoms with van der Waals surface area (Å²) < 4.78 is 0. The summed E-state index contributed by atoms with van der Waals surface area (Å²) in [5.41, 5.74) is 16.5. The molecule has 4 atom stereocenters. The third-order valence-electron chi connectivity index (χ3n) is 11.5. The van der Waals surface area contributed by atoms with Crippen molar-refractivity contribution in [3.05, 3.63) is 70.5 Å².